The van der Waals surface area contributed by atoms with Crippen LogP contribution in [0.5, 0.6) is 0 Å². The summed E-state index contributed by atoms with van der Waals surface area (Å²) in [5.41, 5.74) is 0. The summed E-state index contributed by atoms with van der Waals surface area (Å²) in [6.45, 7) is 0.722. The van der Waals surface area contributed by atoms with Crippen LogP contribution in [0.15, 0.2) is 0 Å². The molecule has 0 heterocycles. The van der Waals surface area contributed by atoms with E-state index in [0.717, 1.165) is 14.0 Å². The quantitative estimate of drug-likeness (QED) is 0.363. The first-order valence-corrected chi connectivity index (χ1v) is 1.85. The minimum Gasteiger partial charge on any atom is -0.550 e. The Balaban J connectivity index is -0.0000000273. The average molecular weight is 155 g/mol. The summed E-state index contributed by atoms with van der Waals surface area (Å²) in [7, 11) is 1.00. The molecule has 0 aromatic rings. The number of carboxylic acid groups (broad SMARTS) is 2. The van der Waals surface area contributed by atoms with Gasteiger partial charge in [0.1, 0.15) is 0 Å². The first-order chi connectivity index (χ1) is 4.15. The Hall–Kier alpha value is -1.14. The minimum absolute atomic E-state index is 0. The summed E-state index contributed by atoms with van der Waals surface area (Å²) in [5.74, 6) is -1.08. The van der Waals surface area contributed by atoms with Crippen molar-refractivity contribution >= 4 is 12.4 Å². The van der Waals surface area contributed by atoms with Gasteiger partial charge in [-0.25, -0.2) is 0 Å². The smallest absolute Gasteiger partial charge is 0.290 e. The molecule has 6 nitrogen and oxygen atoms in total. The highest BCUT2D eigenvalue weighted by Crippen LogP contribution is 1.31. The predicted octanol–water partition coefficient (Wildman–Crippen LogP) is -1.56. The van der Waals surface area contributed by atoms with E-state index in [-0.39, 0.29) is 12.6 Å². The van der Waals surface area contributed by atoms with E-state index in [1.165, 1.54) is 0 Å². The molecule has 0 aromatic heterocycles. The number of aliphatic carboxylic acids is 1. The second-order valence-electron chi connectivity index (χ2n) is 0.597. The standard InChI is InChI=1S/C2H4O2.CH2O2.CH4O.H3N/c1-2(3)4;2-1-3;1-2;/h1H3,(H,3,4);1H,(H,2,3);2H,1H3;1H3. The molecule has 6 heteroatoms. The zero-order valence-corrected chi connectivity index (χ0v) is 6.20. The molecule has 6 N–H and O–H groups in total. The number of carboxylic acids is 1. The number of quaternary nitrogens is 1. The summed E-state index contributed by atoms with van der Waals surface area (Å²) in [6, 6.07) is 0. The van der Waals surface area contributed by atoms with E-state index in [1.54, 1.807) is 0 Å². The fourth-order valence-electron chi connectivity index (χ4n) is 0. The average Bonchev–Trinajstić information content (AvgIpc) is 1.71. The predicted molar refractivity (Wildman–Crippen MR) is 33.5 cm³/mol. The number of carbonyl (C=O) groups is 2. The number of carbonyl (C=O) groups excluding carboxylic acids is 1. The summed E-state index contributed by atoms with van der Waals surface area (Å²) in [4.78, 5) is 17.2. The van der Waals surface area contributed by atoms with E-state index in [1.807, 2.05) is 0 Å². The van der Waals surface area contributed by atoms with Crippen LogP contribution in [0.4, 0.5) is 0 Å². The zero-order chi connectivity index (χ0) is 8.28. The van der Waals surface area contributed by atoms with Crippen molar-refractivity contribution in [3.63, 3.8) is 0 Å². The molecule has 0 amide bonds. The molecule has 0 spiro atoms. The second kappa shape index (κ2) is 45.2. The van der Waals surface area contributed by atoms with Crippen molar-refractivity contribution in [2.45, 2.75) is 6.92 Å². The molecular weight excluding hydrogens is 142 g/mol. The fourth-order valence-corrected chi connectivity index (χ4v) is 0. The minimum atomic E-state index is -1.08. The maximum atomic E-state index is 8.89. The highest BCUT2D eigenvalue weighted by molar-refractivity contribution is 5.60. The van der Waals surface area contributed by atoms with Crippen molar-refractivity contribution in [1.82, 2.24) is 6.15 Å². The Kier molecular flexibility index (Phi) is 105. The van der Waals surface area contributed by atoms with Gasteiger partial charge in [-0.1, -0.05) is 0 Å². The van der Waals surface area contributed by atoms with Gasteiger partial charge in [0.05, 0.1) is 0 Å². The van der Waals surface area contributed by atoms with Crippen molar-refractivity contribution < 1.29 is 24.9 Å². The van der Waals surface area contributed by atoms with Gasteiger partial charge >= 0.3 is 0 Å². The maximum Gasteiger partial charge on any atom is 0.290 e. The molecule has 0 atom stereocenters. The van der Waals surface area contributed by atoms with Crippen molar-refractivity contribution in [3.05, 3.63) is 0 Å². The lowest BCUT2D eigenvalue weighted by Gasteiger charge is -1.77. The fraction of sp³-hybridized carbons (Fsp3) is 0.500. The van der Waals surface area contributed by atoms with Gasteiger partial charge in [0.2, 0.25) is 0 Å². The summed E-state index contributed by atoms with van der Waals surface area (Å²) in [6.07, 6.45) is 0. The molecule has 0 saturated carbocycles. The molecule has 0 rings (SSSR count). The van der Waals surface area contributed by atoms with E-state index in [4.69, 9.17) is 24.9 Å². The topological polar surface area (TPSA) is 134 Å². The summed E-state index contributed by atoms with van der Waals surface area (Å²) >= 11 is 0. The number of hydrogen-bond acceptors (Lipinski definition) is 4. The molecule has 0 aliphatic heterocycles. The first kappa shape index (κ1) is 23.2. The third kappa shape index (κ3) is 181. The Morgan fingerprint density at radius 2 is 1.50 bits per heavy atom. The SMILES string of the molecule is CC(=O)[O-].CO.O=CO.[NH4+]. The van der Waals surface area contributed by atoms with Crippen LogP contribution in [0, 0.1) is 0 Å². The highest BCUT2D eigenvalue weighted by atomic mass is 16.4. The number of aliphatic hydroxyl groups excluding tert-OH is 1. The van der Waals surface area contributed by atoms with Gasteiger partial charge in [0.25, 0.3) is 6.47 Å². The largest absolute Gasteiger partial charge is 0.550 e. The lowest BCUT2D eigenvalue weighted by atomic mass is 10.9. The van der Waals surface area contributed by atoms with Crippen molar-refractivity contribution in [1.29, 1.82) is 0 Å². The van der Waals surface area contributed by atoms with E-state index >= 15 is 0 Å². The monoisotopic (exact) mass is 155 g/mol. The maximum absolute atomic E-state index is 8.89. The lowest BCUT2D eigenvalue weighted by molar-refractivity contribution is -0.302. The van der Waals surface area contributed by atoms with Crippen LogP contribution in [-0.4, -0.2) is 29.8 Å². The third-order valence-electron chi connectivity index (χ3n) is 0. The molecule has 0 aromatic carbocycles. The van der Waals surface area contributed by atoms with Crippen LogP contribution in [-0.2, 0) is 9.59 Å². The van der Waals surface area contributed by atoms with Crippen LogP contribution in [0.1, 0.15) is 6.92 Å². The second-order valence-corrected chi connectivity index (χ2v) is 0.597. The summed E-state index contributed by atoms with van der Waals surface area (Å²) in [5, 5.41) is 22.8. The van der Waals surface area contributed by atoms with Crippen LogP contribution >= 0.6 is 0 Å². The highest BCUT2D eigenvalue weighted by Gasteiger charge is 1.46. The molecule has 0 fully saturated rings. The first-order valence-electron chi connectivity index (χ1n) is 1.85. The van der Waals surface area contributed by atoms with Gasteiger partial charge in [-0.2, -0.15) is 0 Å². The third-order valence-corrected chi connectivity index (χ3v) is 0. The molecule has 10 heavy (non-hydrogen) atoms. The Labute approximate surface area is 58.7 Å². The molecule has 64 valence electrons. The van der Waals surface area contributed by atoms with Crippen LogP contribution in [0.3, 0.4) is 0 Å². The van der Waals surface area contributed by atoms with Gasteiger partial charge in [-0.15, -0.1) is 0 Å². The van der Waals surface area contributed by atoms with Crippen LogP contribution in [0.25, 0.3) is 0 Å². The Morgan fingerprint density at radius 3 is 1.50 bits per heavy atom. The van der Waals surface area contributed by atoms with Gasteiger partial charge in [0.15, 0.2) is 0 Å². The molecule has 0 aliphatic rings. The van der Waals surface area contributed by atoms with Gasteiger partial charge in [0, 0.05) is 13.1 Å². The number of aliphatic hydroxyl groups is 1. The van der Waals surface area contributed by atoms with E-state index in [2.05, 4.69) is 0 Å². The number of rotatable bonds is 0. The number of hydrogen-bond donors (Lipinski definition) is 3. The van der Waals surface area contributed by atoms with Crippen molar-refractivity contribution in [2.75, 3.05) is 7.11 Å². The zero-order valence-electron chi connectivity index (χ0n) is 6.20. The van der Waals surface area contributed by atoms with E-state index in [9.17, 15) is 0 Å². The van der Waals surface area contributed by atoms with Crippen molar-refractivity contribution in [2.24, 2.45) is 0 Å². The van der Waals surface area contributed by atoms with Crippen LogP contribution < -0.4 is 11.3 Å². The molecule has 0 saturated heterocycles. The van der Waals surface area contributed by atoms with E-state index in [0.29, 0.717) is 0 Å². The molecule has 0 unspecified atom stereocenters. The molecule has 0 bridgehead atoms. The Morgan fingerprint density at radius 1 is 1.50 bits per heavy atom. The lowest BCUT2D eigenvalue weighted by Crippen LogP contribution is -2.16. The van der Waals surface area contributed by atoms with Gasteiger partial charge in [-0.05, 0) is 6.92 Å². The normalized spacial score (nSPS) is 4.30. The molecule has 0 radical (unpaired) electrons. The molecular formula is C4H13NO5. The van der Waals surface area contributed by atoms with E-state index < -0.39 is 5.97 Å². The Bertz CT molecular complexity index is 60.7. The van der Waals surface area contributed by atoms with Gasteiger partial charge in [-0.3, -0.25) is 4.79 Å². The summed E-state index contributed by atoms with van der Waals surface area (Å²) < 4.78 is 0. The molecule has 0 aliphatic carbocycles. The van der Waals surface area contributed by atoms with Crippen molar-refractivity contribution in [3.8, 4) is 0 Å². The van der Waals surface area contributed by atoms with Gasteiger partial charge < -0.3 is 26.3 Å². The van der Waals surface area contributed by atoms with Crippen LogP contribution in [0.2, 0.25) is 0 Å².